The molecule has 10 heteroatoms. The number of carbonyl (C=O) groups is 4. The minimum Gasteiger partial charge on any atom is -0.461 e. The van der Waals surface area contributed by atoms with Crippen molar-refractivity contribution in [2.75, 3.05) is 26.3 Å². The predicted molar refractivity (Wildman–Crippen MR) is 75.2 cm³/mol. The van der Waals surface area contributed by atoms with Crippen LogP contribution in [0.15, 0.2) is 0 Å². The van der Waals surface area contributed by atoms with Crippen LogP contribution in [-0.4, -0.2) is 62.1 Å². The van der Waals surface area contributed by atoms with E-state index in [-0.39, 0.29) is 26.3 Å². The molecule has 0 aromatic heterocycles. The third kappa shape index (κ3) is 8.87. The number of hydrogen-bond donors (Lipinski definition) is 4. The van der Waals surface area contributed by atoms with Crippen LogP contribution in [0.25, 0.3) is 0 Å². The fraction of sp³-hybridized carbons (Fsp3) is 0.667. The zero-order valence-electron chi connectivity index (χ0n) is 12.6. The lowest BCUT2D eigenvalue weighted by molar-refractivity contribution is -0.153. The lowest BCUT2D eigenvalue weighted by Gasteiger charge is -2.13. The first-order valence-corrected chi connectivity index (χ1v) is 6.63. The molecule has 0 aliphatic carbocycles. The summed E-state index contributed by atoms with van der Waals surface area (Å²) in [5, 5.41) is 4.59. The van der Waals surface area contributed by atoms with Gasteiger partial charge in [-0.1, -0.05) is 0 Å². The van der Waals surface area contributed by atoms with Gasteiger partial charge in [-0.3, -0.25) is 14.4 Å². The lowest BCUT2D eigenvalue weighted by Crippen LogP contribution is -2.42. The maximum atomic E-state index is 11.4. The molecule has 126 valence electrons. The average Bonchev–Trinajstić information content (AvgIpc) is 2.48. The summed E-state index contributed by atoms with van der Waals surface area (Å²) in [4.78, 5) is 44.7. The summed E-state index contributed by atoms with van der Waals surface area (Å²) in [6.45, 7) is 2.01. The summed E-state index contributed by atoms with van der Waals surface area (Å²) >= 11 is 0. The molecule has 0 saturated heterocycles. The van der Waals surface area contributed by atoms with Crippen LogP contribution in [0.2, 0.25) is 0 Å². The van der Waals surface area contributed by atoms with E-state index in [0.29, 0.717) is 0 Å². The molecule has 0 spiro atoms. The van der Waals surface area contributed by atoms with Crippen LogP contribution < -0.4 is 22.1 Å². The highest BCUT2D eigenvalue weighted by molar-refractivity contribution is 5.85. The van der Waals surface area contributed by atoms with Crippen LogP contribution >= 0.6 is 0 Å². The number of carbonyl (C=O) groups excluding carboxylic acids is 4. The zero-order chi connectivity index (χ0) is 17.1. The summed E-state index contributed by atoms with van der Waals surface area (Å²) in [6.07, 6.45) is 0. The Morgan fingerprint density at radius 3 is 2.23 bits per heavy atom. The molecule has 0 bridgehead atoms. The van der Waals surface area contributed by atoms with Gasteiger partial charge in [0, 0.05) is 0 Å². The standard InChI is InChI=1S/C12H22N4O6/c1-7(14)11(19)15-6-10(18)21-3-4-22-12(20)8(2)16-9(17)5-13/h7-8H,3-6,13-14H2,1-2H3,(H,15,19)(H,16,17)/t7-,8-/m0/s1. The van der Waals surface area contributed by atoms with Crippen molar-refractivity contribution in [3.63, 3.8) is 0 Å². The minimum absolute atomic E-state index is 0.170. The second-order valence-corrected chi connectivity index (χ2v) is 4.39. The number of rotatable bonds is 9. The normalized spacial score (nSPS) is 12.7. The van der Waals surface area contributed by atoms with Gasteiger partial charge < -0.3 is 31.6 Å². The predicted octanol–water partition coefficient (Wildman–Crippen LogP) is -3.00. The van der Waals surface area contributed by atoms with Gasteiger partial charge in [0.25, 0.3) is 0 Å². The number of esters is 2. The third-order valence-electron chi connectivity index (χ3n) is 2.33. The summed E-state index contributed by atoms with van der Waals surface area (Å²) in [5.74, 6) is -2.33. The molecular weight excluding hydrogens is 296 g/mol. The monoisotopic (exact) mass is 318 g/mol. The van der Waals surface area contributed by atoms with Gasteiger partial charge in [0.1, 0.15) is 25.8 Å². The van der Waals surface area contributed by atoms with Crippen LogP contribution in [0.5, 0.6) is 0 Å². The number of nitrogens with one attached hydrogen (secondary N) is 2. The van der Waals surface area contributed by atoms with E-state index in [9.17, 15) is 19.2 Å². The maximum Gasteiger partial charge on any atom is 0.328 e. The van der Waals surface area contributed by atoms with E-state index in [1.807, 2.05) is 0 Å². The molecule has 22 heavy (non-hydrogen) atoms. The van der Waals surface area contributed by atoms with Gasteiger partial charge in [-0.05, 0) is 13.8 Å². The highest BCUT2D eigenvalue weighted by Crippen LogP contribution is 1.89. The third-order valence-corrected chi connectivity index (χ3v) is 2.33. The Morgan fingerprint density at radius 1 is 1.09 bits per heavy atom. The van der Waals surface area contributed by atoms with E-state index in [1.165, 1.54) is 13.8 Å². The van der Waals surface area contributed by atoms with E-state index < -0.39 is 35.8 Å². The largest absolute Gasteiger partial charge is 0.461 e. The highest BCUT2D eigenvalue weighted by Gasteiger charge is 2.16. The molecule has 0 saturated carbocycles. The van der Waals surface area contributed by atoms with E-state index in [2.05, 4.69) is 10.6 Å². The van der Waals surface area contributed by atoms with E-state index >= 15 is 0 Å². The van der Waals surface area contributed by atoms with Crippen LogP contribution in [0.1, 0.15) is 13.8 Å². The van der Waals surface area contributed by atoms with Crippen molar-refractivity contribution in [3.8, 4) is 0 Å². The van der Waals surface area contributed by atoms with Gasteiger partial charge in [-0.15, -0.1) is 0 Å². The molecule has 2 atom stereocenters. The Labute approximate surface area is 127 Å². The summed E-state index contributed by atoms with van der Waals surface area (Å²) in [5.41, 5.74) is 10.4. The molecule has 0 aromatic carbocycles. The van der Waals surface area contributed by atoms with Gasteiger partial charge >= 0.3 is 11.9 Å². The number of nitrogens with two attached hydrogens (primary N) is 2. The number of amides is 2. The molecule has 10 nitrogen and oxygen atoms in total. The van der Waals surface area contributed by atoms with Crippen LogP contribution in [-0.2, 0) is 28.7 Å². The number of hydrogen-bond acceptors (Lipinski definition) is 8. The van der Waals surface area contributed by atoms with Crippen molar-refractivity contribution in [1.29, 1.82) is 0 Å². The topological polar surface area (TPSA) is 163 Å². The van der Waals surface area contributed by atoms with Crippen molar-refractivity contribution in [3.05, 3.63) is 0 Å². The van der Waals surface area contributed by atoms with Crippen molar-refractivity contribution in [1.82, 2.24) is 10.6 Å². The molecule has 0 aliphatic rings. The van der Waals surface area contributed by atoms with Gasteiger partial charge in [0.05, 0.1) is 12.6 Å². The Bertz CT molecular complexity index is 412. The van der Waals surface area contributed by atoms with Crippen LogP contribution in [0.3, 0.4) is 0 Å². The second kappa shape index (κ2) is 10.5. The molecule has 0 fully saturated rings. The highest BCUT2D eigenvalue weighted by atomic mass is 16.6. The average molecular weight is 318 g/mol. The van der Waals surface area contributed by atoms with Gasteiger partial charge in [-0.2, -0.15) is 0 Å². The fourth-order valence-electron chi connectivity index (χ4n) is 1.15. The van der Waals surface area contributed by atoms with E-state index in [1.54, 1.807) is 0 Å². The van der Waals surface area contributed by atoms with Gasteiger partial charge in [0.15, 0.2) is 0 Å². The van der Waals surface area contributed by atoms with Crippen molar-refractivity contribution < 1.29 is 28.7 Å². The van der Waals surface area contributed by atoms with Crippen molar-refractivity contribution in [2.24, 2.45) is 11.5 Å². The molecular formula is C12H22N4O6. The van der Waals surface area contributed by atoms with Crippen LogP contribution in [0, 0.1) is 0 Å². The van der Waals surface area contributed by atoms with Gasteiger partial charge in [0.2, 0.25) is 11.8 Å². The Kier molecular flexibility index (Phi) is 9.46. The maximum absolute atomic E-state index is 11.4. The first kappa shape index (κ1) is 19.8. The summed E-state index contributed by atoms with van der Waals surface area (Å²) in [7, 11) is 0. The van der Waals surface area contributed by atoms with Crippen LogP contribution in [0.4, 0.5) is 0 Å². The van der Waals surface area contributed by atoms with E-state index in [0.717, 1.165) is 0 Å². The Morgan fingerprint density at radius 2 is 1.68 bits per heavy atom. The minimum atomic E-state index is -0.850. The van der Waals surface area contributed by atoms with Crippen molar-refractivity contribution >= 4 is 23.8 Å². The molecule has 6 N–H and O–H groups in total. The zero-order valence-corrected chi connectivity index (χ0v) is 12.6. The van der Waals surface area contributed by atoms with E-state index in [4.69, 9.17) is 20.9 Å². The number of ether oxygens (including phenoxy) is 2. The molecule has 0 aromatic rings. The molecule has 0 aliphatic heterocycles. The molecule has 2 amide bonds. The Balaban J connectivity index is 3.79. The molecule has 0 rings (SSSR count). The lowest BCUT2D eigenvalue weighted by atomic mass is 10.3. The quantitative estimate of drug-likeness (QED) is 0.258. The SMILES string of the molecule is C[C@H](N)C(=O)NCC(=O)OCCOC(=O)[C@H](C)NC(=O)CN. The smallest absolute Gasteiger partial charge is 0.328 e. The first-order valence-electron chi connectivity index (χ1n) is 6.63. The Hall–Kier alpha value is -2.20. The fourth-order valence-corrected chi connectivity index (χ4v) is 1.15. The second-order valence-electron chi connectivity index (χ2n) is 4.39. The molecule has 0 radical (unpaired) electrons. The molecule has 0 heterocycles. The summed E-state index contributed by atoms with van der Waals surface area (Å²) in [6, 6.07) is -1.57. The van der Waals surface area contributed by atoms with Crippen molar-refractivity contribution in [2.45, 2.75) is 25.9 Å². The summed E-state index contributed by atoms with van der Waals surface area (Å²) < 4.78 is 9.51. The first-order chi connectivity index (χ1) is 10.3. The molecule has 0 unspecified atom stereocenters. The van der Waals surface area contributed by atoms with Gasteiger partial charge in [-0.25, -0.2) is 4.79 Å².